The SMILES string of the molecule is O=C(NP(=O)(N(Cc1ccccc1)Cc1ccccc1)N(Cc1ccccc1)Cc1ccccc1)c1c(Cl)cccc1Cl.O=C(NP(=O)(N(Cc1ccccc1)Cc1ccccc1)N(Cc1ccccc1)Cc1ccccc1)c1c(Cl)cccc1Cl. The number of nitrogens with one attached hydrogen (secondary N) is 2. The monoisotopic (exact) mass is 1250 g/mol. The molecule has 2 amide bonds. The number of carbonyl (C=O) groups excluding carboxylic acids is 2. The van der Waals surface area contributed by atoms with Crippen molar-refractivity contribution in [2.24, 2.45) is 0 Å². The smallest absolute Gasteiger partial charge is 0.278 e. The predicted octanol–water partition coefficient (Wildman–Crippen LogP) is 18.5. The lowest BCUT2D eigenvalue weighted by Crippen LogP contribution is -2.40. The number of halogens is 4. The van der Waals surface area contributed by atoms with Gasteiger partial charge in [-0.2, -0.15) is 0 Å². The van der Waals surface area contributed by atoms with Gasteiger partial charge in [-0.25, -0.2) is 18.7 Å². The van der Waals surface area contributed by atoms with E-state index in [4.69, 9.17) is 46.4 Å². The van der Waals surface area contributed by atoms with Gasteiger partial charge in [0.15, 0.2) is 0 Å². The molecule has 0 aliphatic heterocycles. The first kappa shape index (κ1) is 63.1. The molecule has 10 aromatic carbocycles. The molecule has 0 atom stereocenters. The van der Waals surface area contributed by atoms with E-state index in [1.165, 1.54) is 0 Å². The second-order valence-electron chi connectivity index (χ2n) is 20.3. The zero-order valence-electron chi connectivity index (χ0n) is 47.0. The summed E-state index contributed by atoms with van der Waals surface area (Å²) >= 11 is 25.9. The van der Waals surface area contributed by atoms with E-state index in [1.54, 1.807) is 36.4 Å². The maximum absolute atomic E-state index is 15.9. The van der Waals surface area contributed by atoms with Crippen molar-refractivity contribution in [2.45, 2.75) is 52.4 Å². The number of benzene rings is 10. The number of carbonyl (C=O) groups is 2. The standard InChI is InChI=1S/2C35H32Cl2N3O2P/c2*36-32-22-13-23-33(37)34(32)35(41)38-43(42,39(24-28-14-5-1-6-15-28)25-29-16-7-2-8-17-29)40(26-30-18-9-3-10-19-30)27-31-20-11-4-12-21-31/h2*1-23H,24-27H2,(H,38,41,42). The van der Waals surface area contributed by atoms with Gasteiger partial charge in [-0.3, -0.25) is 28.9 Å². The average Bonchev–Trinajstić information content (AvgIpc) is 2.26. The van der Waals surface area contributed by atoms with Gasteiger partial charge in [-0.05, 0) is 68.8 Å². The Labute approximate surface area is 524 Å². The van der Waals surface area contributed by atoms with Crippen molar-refractivity contribution in [1.29, 1.82) is 0 Å². The molecule has 0 saturated heterocycles. The zero-order valence-corrected chi connectivity index (χ0v) is 51.9. The molecule has 10 rings (SSSR count). The molecule has 0 saturated carbocycles. The van der Waals surface area contributed by atoms with E-state index in [2.05, 4.69) is 10.2 Å². The van der Waals surface area contributed by atoms with Gasteiger partial charge in [0.05, 0.1) is 31.2 Å². The van der Waals surface area contributed by atoms with Gasteiger partial charge in [0.1, 0.15) is 0 Å². The van der Waals surface area contributed by atoms with Crippen LogP contribution in [-0.4, -0.2) is 30.5 Å². The summed E-state index contributed by atoms with van der Waals surface area (Å²) in [5.41, 5.74) is 7.86. The van der Waals surface area contributed by atoms with Crippen molar-refractivity contribution in [3.8, 4) is 0 Å². The molecule has 0 bridgehead atoms. The molecule has 436 valence electrons. The van der Waals surface area contributed by atoms with Gasteiger partial charge in [0.2, 0.25) is 0 Å². The van der Waals surface area contributed by atoms with E-state index in [0.29, 0.717) is 52.4 Å². The zero-order chi connectivity index (χ0) is 60.1. The van der Waals surface area contributed by atoms with E-state index in [0.717, 1.165) is 44.5 Å². The highest BCUT2D eigenvalue weighted by atomic mass is 35.5. The molecule has 0 radical (unpaired) electrons. The maximum Gasteiger partial charge on any atom is 0.312 e. The van der Waals surface area contributed by atoms with Crippen molar-refractivity contribution in [3.05, 3.63) is 355 Å². The first-order chi connectivity index (χ1) is 41.8. The summed E-state index contributed by atoms with van der Waals surface area (Å²) in [6.07, 6.45) is 0. The van der Waals surface area contributed by atoms with Gasteiger partial charge in [0.25, 0.3) is 11.8 Å². The lowest BCUT2D eigenvalue weighted by Gasteiger charge is -2.39. The van der Waals surface area contributed by atoms with Gasteiger partial charge < -0.3 is 0 Å². The molecule has 10 aromatic rings. The molecular formula is C70H64Cl4N6O4P2. The minimum absolute atomic E-state index is 0.0878. The third kappa shape index (κ3) is 17.4. The second-order valence-corrected chi connectivity index (χ2v) is 26.9. The molecule has 0 aromatic heterocycles. The van der Waals surface area contributed by atoms with Crippen molar-refractivity contribution >= 4 is 73.4 Å². The Kier molecular flexibility index (Phi) is 23.0. The third-order valence-corrected chi connectivity index (χ3v) is 20.5. The summed E-state index contributed by atoms with van der Waals surface area (Å²) in [6.45, 7) is 2.58. The molecule has 0 fully saturated rings. The summed E-state index contributed by atoms with van der Waals surface area (Å²) in [7, 11) is -7.83. The van der Waals surface area contributed by atoms with Crippen LogP contribution in [0.4, 0.5) is 0 Å². The van der Waals surface area contributed by atoms with Crippen LogP contribution in [-0.2, 0) is 61.5 Å². The summed E-state index contributed by atoms with van der Waals surface area (Å²) in [5, 5.41) is 6.69. The highest BCUT2D eigenvalue weighted by Gasteiger charge is 2.42. The highest BCUT2D eigenvalue weighted by molar-refractivity contribution is 7.58. The van der Waals surface area contributed by atoms with Gasteiger partial charge in [0, 0.05) is 52.4 Å². The molecule has 10 nitrogen and oxygen atoms in total. The molecule has 0 unspecified atom stereocenters. The Balaban J connectivity index is 0.000000205. The van der Waals surface area contributed by atoms with Crippen molar-refractivity contribution in [3.63, 3.8) is 0 Å². The minimum Gasteiger partial charge on any atom is -0.278 e. The van der Waals surface area contributed by atoms with Crippen LogP contribution in [0.25, 0.3) is 0 Å². The second kappa shape index (κ2) is 31.3. The summed E-state index contributed by atoms with van der Waals surface area (Å²) in [6, 6.07) is 88.5. The van der Waals surface area contributed by atoms with E-state index in [-0.39, 0.29) is 31.2 Å². The largest absolute Gasteiger partial charge is 0.312 e. The Bertz CT molecular complexity index is 3210. The van der Waals surface area contributed by atoms with E-state index in [1.807, 2.05) is 261 Å². The number of nitrogens with zero attached hydrogens (tertiary/aromatic N) is 4. The van der Waals surface area contributed by atoms with Crippen LogP contribution in [0.3, 0.4) is 0 Å². The number of hydrogen-bond donors (Lipinski definition) is 2. The third-order valence-electron chi connectivity index (χ3n) is 14.1. The molecule has 0 spiro atoms. The van der Waals surface area contributed by atoms with Crippen LogP contribution in [0.2, 0.25) is 20.1 Å². The first-order valence-electron chi connectivity index (χ1n) is 27.9. The van der Waals surface area contributed by atoms with Gasteiger partial charge >= 0.3 is 15.2 Å². The normalized spacial score (nSPS) is 11.5. The van der Waals surface area contributed by atoms with Crippen LogP contribution in [0.5, 0.6) is 0 Å². The van der Waals surface area contributed by atoms with Gasteiger partial charge in [-0.15, -0.1) is 0 Å². The lowest BCUT2D eigenvalue weighted by atomic mass is 10.2. The van der Waals surface area contributed by atoms with Crippen molar-refractivity contribution in [1.82, 2.24) is 28.9 Å². The molecule has 0 aliphatic carbocycles. The van der Waals surface area contributed by atoms with Crippen LogP contribution in [0.15, 0.2) is 279 Å². The van der Waals surface area contributed by atoms with E-state index < -0.39 is 27.0 Å². The minimum atomic E-state index is -3.91. The Morgan fingerprint density at radius 1 is 0.256 bits per heavy atom. The Morgan fingerprint density at radius 2 is 0.407 bits per heavy atom. The number of rotatable bonds is 24. The molecule has 16 heteroatoms. The maximum atomic E-state index is 15.9. The molecular weight excluding hydrogens is 1190 g/mol. The van der Waals surface area contributed by atoms with E-state index in [9.17, 15) is 9.59 Å². The first-order valence-corrected chi connectivity index (χ1v) is 32.6. The van der Waals surface area contributed by atoms with Gasteiger partial charge in [-0.1, -0.05) is 301 Å². The fourth-order valence-corrected chi connectivity index (χ4v) is 15.8. The highest BCUT2D eigenvalue weighted by Crippen LogP contribution is 2.55. The van der Waals surface area contributed by atoms with Crippen LogP contribution in [0.1, 0.15) is 65.2 Å². The van der Waals surface area contributed by atoms with Crippen molar-refractivity contribution in [2.75, 3.05) is 0 Å². The lowest BCUT2D eigenvalue weighted by molar-refractivity contribution is 0.0963. The van der Waals surface area contributed by atoms with E-state index >= 15 is 9.13 Å². The molecule has 0 aliphatic rings. The number of hydrogen-bond acceptors (Lipinski definition) is 4. The van der Waals surface area contributed by atoms with Crippen LogP contribution in [0, 0.1) is 0 Å². The summed E-state index contributed by atoms with van der Waals surface area (Å²) in [4.78, 5) is 28.0. The predicted molar refractivity (Wildman–Crippen MR) is 352 cm³/mol. The Hall–Kier alpha value is -7.40. The quantitative estimate of drug-likeness (QED) is 0.0577. The van der Waals surface area contributed by atoms with Crippen molar-refractivity contribution < 1.29 is 18.7 Å². The average molecular weight is 1260 g/mol. The summed E-state index contributed by atoms with van der Waals surface area (Å²) < 4.78 is 39.2. The fraction of sp³-hybridized carbons (Fsp3) is 0.114. The topological polar surface area (TPSA) is 105 Å². The van der Waals surface area contributed by atoms with Crippen LogP contribution < -0.4 is 10.2 Å². The molecule has 86 heavy (non-hydrogen) atoms. The fourth-order valence-electron chi connectivity index (χ4n) is 9.79. The number of amides is 2. The Morgan fingerprint density at radius 3 is 0.558 bits per heavy atom. The molecule has 0 heterocycles. The summed E-state index contributed by atoms with van der Waals surface area (Å²) in [5.74, 6) is -1.20. The molecule has 2 N–H and O–H groups in total. The van der Waals surface area contributed by atoms with Crippen LogP contribution >= 0.6 is 61.6 Å².